The van der Waals surface area contributed by atoms with Crippen LogP contribution in [0.4, 0.5) is 30.2 Å². The van der Waals surface area contributed by atoms with Crippen molar-refractivity contribution in [3.05, 3.63) is 120 Å². The van der Waals surface area contributed by atoms with Crippen molar-refractivity contribution in [2.45, 2.75) is 39.7 Å². The van der Waals surface area contributed by atoms with E-state index in [4.69, 9.17) is 0 Å². The van der Waals surface area contributed by atoms with Gasteiger partial charge in [-0.05, 0) is 115 Å². The highest BCUT2D eigenvalue weighted by molar-refractivity contribution is 7.88. The number of nitrogens with zero attached hydrogens (tertiary/aromatic N) is 2. The van der Waals surface area contributed by atoms with Gasteiger partial charge in [-0.2, -0.15) is 21.6 Å². The summed E-state index contributed by atoms with van der Waals surface area (Å²) in [4.78, 5) is 2.16. The van der Waals surface area contributed by atoms with Crippen LogP contribution in [0.25, 0.3) is 32.3 Å². The molecule has 0 amide bonds. The van der Waals surface area contributed by atoms with Gasteiger partial charge in [0.1, 0.15) is 12.3 Å². The van der Waals surface area contributed by atoms with Crippen LogP contribution in [0.3, 0.4) is 0 Å². The lowest BCUT2D eigenvalue weighted by atomic mass is 10.0. The molecule has 0 N–H and O–H groups in total. The third-order valence-corrected chi connectivity index (χ3v) is 10.4. The first-order valence-corrected chi connectivity index (χ1v) is 17.5. The summed E-state index contributed by atoms with van der Waals surface area (Å²) in [6.45, 7) is 13.0. The fraction of sp³-hybridized carbons (Fsp3) is 0.231. The predicted octanol–water partition coefficient (Wildman–Crippen LogP) is 10.5. The van der Waals surface area contributed by atoms with E-state index in [0.717, 1.165) is 69.3 Å². The number of quaternary nitrogens is 1. The molecule has 9 heteroatoms. The summed E-state index contributed by atoms with van der Waals surface area (Å²) in [5.41, 5.74) is -0.334. The molecule has 0 saturated carbocycles. The first kappa shape index (κ1) is 33.3. The van der Waals surface area contributed by atoms with Crippen molar-refractivity contribution in [3.63, 3.8) is 0 Å². The van der Waals surface area contributed by atoms with E-state index in [1.54, 1.807) is 12.1 Å². The van der Waals surface area contributed by atoms with Crippen LogP contribution in [0.15, 0.2) is 109 Å². The van der Waals surface area contributed by atoms with Crippen LogP contribution >= 0.6 is 0 Å². The van der Waals surface area contributed by atoms with Crippen molar-refractivity contribution in [2.75, 3.05) is 24.5 Å². The first-order chi connectivity index (χ1) is 22.8. The molecule has 6 aromatic carbocycles. The summed E-state index contributed by atoms with van der Waals surface area (Å²) >= 11 is 0. The Morgan fingerprint density at radius 1 is 0.604 bits per heavy atom. The van der Waals surface area contributed by atoms with Gasteiger partial charge in [0.05, 0.1) is 19.6 Å². The normalized spacial score (nSPS) is 12.6. The third kappa shape index (κ3) is 6.57. The summed E-state index contributed by atoms with van der Waals surface area (Å²) in [6.07, 6.45) is 0. The van der Waals surface area contributed by atoms with Crippen LogP contribution in [-0.2, 0) is 16.7 Å². The van der Waals surface area contributed by atoms with Gasteiger partial charge in [0.25, 0.3) is 0 Å². The first-order valence-electron chi connectivity index (χ1n) is 16.1. The molecule has 0 bridgehead atoms. The second-order valence-electron chi connectivity index (χ2n) is 12.4. The molecule has 0 heterocycles. The average Bonchev–Trinajstić information content (AvgIpc) is 3.06. The van der Waals surface area contributed by atoms with E-state index in [1.165, 1.54) is 23.3 Å². The van der Waals surface area contributed by atoms with Crippen molar-refractivity contribution in [2.24, 2.45) is 0 Å². The Morgan fingerprint density at radius 3 is 1.67 bits per heavy atom. The van der Waals surface area contributed by atoms with Gasteiger partial charge in [-0.3, -0.25) is 0 Å². The lowest BCUT2D eigenvalue weighted by Gasteiger charge is -2.36. The number of benzene rings is 6. The van der Waals surface area contributed by atoms with Crippen LogP contribution in [0.1, 0.15) is 31.9 Å². The number of alkyl halides is 3. The minimum atomic E-state index is -5.78. The Balaban J connectivity index is 1.46. The van der Waals surface area contributed by atoms with E-state index in [1.807, 2.05) is 12.1 Å². The minimum Gasteiger partial charge on any atom is -0.376 e. The molecule has 48 heavy (non-hydrogen) atoms. The number of rotatable bonds is 10. The van der Waals surface area contributed by atoms with E-state index >= 15 is 0 Å². The molecule has 5 nitrogen and oxygen atoms in total. The Labute approximate surface area is 279 Å². The molecule has 0 radical (unpaired) electrons. The van der Waals surface area contributed by atoms with Crippen molar-refractivity contribution in [3.8, 4) is 5.75 Å². The second kappa shape index (κ2) is 12.8. The fourth-order valence-corrected chi connectivity index (χ4v) is 6.88. The maximum absolute atomic E-state index is 12.9. The smallest absolute Gasteiger partial charge is 0.376 e. The summed E-state index contributed by atoms with van der Waals surface area (Å²) < 4.78 is 67.4. The number of hydrogen-bond donors (Lipinski definition) is 0. The minimum absolute atomic E-state index is 0.406. The molecular formula is C39H38F3N2O3S+. The standard InChI is InChI=1S/C39H38F3N2O3S/c1-5-44(6-2,7-3)26-28-9-11-29-12-16-37(24-34(29)21-28)43(35-17-13-30-20-27(4)8-10-31(30)22-35)36-18-14-33-25-38(19-15-32(33)23-36)47-48(45,46)39(40,41)42/h8-25H,5-7,26H2,1-4H3/q+1. The molecule has 0 atom stereocenters. The van der Waals surface area contributed by atoms with Gasteiger partial charge in [0, 0.05) is 22.6 Å². The predicted molar refractivity (Wildman–Crippen MR) is 190 cm³/mol. The highest BCUT2D eigenvalue weighted by atomic mass is 32.2. The quantitative estimate of drug-likeness (QED) is 0.0826. The number of hydrogen-bond acceptors (Lipinski definition) is 4. The van der Waals surface area contributed by atoms with Crippen molar-refractivity contribution < 1.29 is 30.3 Å². The van der Waals surface area contributed by atoms with E-state index < -0.39 is 21.4 Å². The molecule has 0 aliphatic rings. The Kier molecular flexibility index (Phi) is 8.87. The molecule has 0 aliphatic carbocycles. The molecule has 248 valence electrons. The van der Waals surface area contributed by atoms with Crippen LogP contribution in [0.2, 0.25) is 0 Å². The third-order valence-electron chi connectivity index (χ3n) is 9.46. The zero-order valence-electron chi connectivity index (χ0n) is 27.4. The Bertz CT molecular complexity index is 2240. The van der Waals surface area contributed by atoms with Gasteiger partial charge in [-0.1, -0.05) is 60.2 Å². The molecule has 6 rings (SSSR count). The molecule has 0 spiro atoms. The van der Waals surface area contributed by atoms with Crippen LogP contribution in [0, 0.1) is 6.92 Å². The Hall–Kier alpha value is -4.60. The monoisotopic (exact) mass is 671 g/mol. The molecule has 0 aromatic heterocycles. The summed E-state index contributed by atoms with van der Waals surface area (Å²) in [5, 5.41) is 5.73. The van der Waals surface area contributed by atoms with Crippen molar-refractivity contribution in [1.29, 1.82) is 0 Å². The summed E-state index contributed by atoms with van der Waals surface area (Å²) in [6, 6.07) is 35.4. The SMILES string of the molecule is CC[N+](CC)(CC)Cc1ccc2ccc(N(c3ccc4cc(C)ccc4c3)c3ccc4cc(OS(=O)(=O)C(F)(F)F)ccc4c3)cc2c1. The molecule has 0 aliphatic heterocycles. The maximum atomic E-state index is 12.9. The molecule has 6 aromatic rings. The summed E-state index contributed by atoms with van der Waals surface area (Å²) in [7, 11) is -5.78. The van der Waals surface area contributed by atoms with Crippen LogP contribution in [-0.4, -0.2) is 38.0 Å². The van der Waals surface area contributed by atoms with Crippen molar-refractivity contribution in [1.82, 2.24) is 0 Å². The van der Waals surface area contributed by atoms with Crippen molar-refractivity contribution >= 4 is 59.5 Å². The molecule has 0 saturated heterocycles. The molecular weight excluding hydrogens is 634 g/mol. The van der Waals surface area contributed by atoms with E-state index in [9.17, 15) is 21.6 Å². The molecule has 0 unspecified atom stereocenters. The number of halogens is 3. The van der Waals surface area contributed by atoms with Gasteiger partial charge in [-0.15, -0.1) is 0 Å². The zero-order chi connectivity index (χ0) is 34.3. The van der Waals surface area contributed by atoms with Gasteiger partial charge in [-0.25, -0.2) is 0 Å². The maximum Gasteiger partial charge on any atom is 0.534 e. The van der Waals surface area contributed by atoms with Gasteiger partial charge in [0.15, 0.2) is 0 Å². The second-order valence-corrected chi connectivity index (χ2v) is 13.9. The number of aryl methyl sites for hydroxylation is 1. The number of fused-ring (bicyclic) bond motifs is 3. The molecule has 0 fully saturated rings. The van der Waals surface area contributed by atoms with Gasteiger partial charge >= 0.3 is 15.6 Å². The summed E-state index contributed by atoms with van der Waals surface area (Å²) in [5.74, 6) is -0.406. The zero-order valence-corrected chi connectivity index (χ0v) is 28.2. The van der Waals surface area contributed by atoms with E-state index in [2.05, 4.69) is 110 Å². The lowest BCUT2D eigenvalue weighted by Crippen LogP contribution is -2.46. The highest BCUT2D eigenvalue weighted by Crippen LogP contribution is 2.39. The van der Waals surface area contributed by atoms with Gasteiger partial charge in [0.2, 0.25) is 0 Å². The van der Waals surface area contributed by atoms with Crippen LogP contribution < -0.4 is 9.08 Å². The van der Waals surface area contributed by atoms with E-state index in [0.29, 0.717) is 10.8 Å². The van der Waals surface area contributed by atoms with E-state index in [-0.39, 0.29) is 0 Å². The number of anilines is 3. The fourth-order valence-electron chi connectivity index (χ4n) is 6.43. The lowest BCUT2D eigenvalue weighted by molar-refractivity contribution is -0.936. The Morgan fingerprint density at radius 2 is 1.08 bits per heavy atom. The topological polar surface area (TPSA) is 46.6 Å². The highest BCUT2D eigenvalue weighted by Gasteiger charge is 2.48. The average molecular weight is 672 g/mol. The largest absolute Gasteiger partial charge is 0.534 e. The van der Waals surface area contributed by atoms with Crippen LogP contribution in [0.5, 0.6) is 5.75 Å². The van der Waals surface area contributed by atoms with Gasteiger partial charge < -0.3 is 13.6 Å².